The highest BCUT2D eigenvalue weighted by molar-refractivity contribution is 5.95. The summed E-state index contributed by atoms with van der Waals surface area (Å²) in [7, 11) is 0. The van der Waals surface area contributed by atoms with Crippen LogP contribution in [-0.2, 0) is 11.2 Å². The van der Waals surface area contributed by atoms with E-state index in [9.17, 15) is 22.8 Å². The van der Waals surface area contributed by atoms with Gasteiger partial charge in [0.05, 0.1) is 6.42 Å². The zero-order valence-corrected chi connectivity index (χ0v) is 13.5. The number of carbonyl (C=O) groups excluding carboxylic acids is 2. The molecule has 0 saturated carbocycles. The van der Waals surface area contributed by atoms with E-state index in [-0.39, 0.29) is 23.1 Å². The van der Waals surface area contributed by atoms with Crippen LogP contribution in [0.4, 0.5) is 23.7 Å². The highest BCUT2D eigenvalue weighted by Gasteiger charge is 2.36. The fourth-order valence-corrected chi connectivity index (χ4v) is 2.77. The number of urea groups is 1. The smallest absolute Gasteiger partial charge is 0.353 e. The molecule has 1 aromatic rings. The number of hydrogen-bond acceptors (Lipinski definition) is 2. The predicted octanol–water partition coefficient (Wildman–Crippen LogP) is 2.78. The number of rotatable bonds is 3. The number of nitrogens with one attached hydrogen (secondary N) is 2. The zero-order chi connectivity index (χ0) is 17.9. The minimum absolute atomic E-state index is 0.0130. The lowest BCUT2D eigenvalue weighted by atomic mass is 10.00. The van der Waals surface area contributed by atoms with Crippen molar-refractivity contribution in [2.24, 2.45) is 5.92 Å². The Bertz CT molecular complexity index is 617. The lowest BCUT2D eigenvalue weighted by Gasteiger charge is -2.37. The van der Waals surface area contributed by atoms with Crippen molar-refractivity contribution in [3.8, 4) is 0 Å². The molecule has 0 unspecified atom stereocenters. The number of para-hydroxylation sites is 1. The summed E-state index contributed by atoms with van der Waals surface area (Å²) in [5.41, 5.74) is 0.0919. The summed E-state index contributed by atoms with van der Waals surface area (Å²) < 4.78 is 38.0. The van der Waals surface area contributed by atoms with Crippen molar-refractivity contribution in [3.63, 3.8) is 0 Å². The second-order valence-corrected chi connectivity index (χ2v) is 6.05. The average Bonchev–Trinajstić information content (AvgIpc) is 2.47. The molecule has 132 valence electrons. The van der Waals surface area contributed by atoms with Gasteiger partial charge in [0.1, 0.15) is 6.04 Å². The number of carbonyl (C=O) groups is 2. The van der Waals surface area contributed by atoms with E-state index in [1.807, 2.05) is 13.8 Å². The molecular formula is C16H20F3N3O2. The number of halogens is 3. The maximum absolute atomic E-state index is 12.7. The fraction of sp³-hybridized carbons (Fsp3) is 0.500. The number of alkyl halides is 3. The van der Waals surface area contributed by atoms with Gasteiger partial charge in [0.2, 0.25) is 5.91 Å². The molecule has 1 aliphatic heterocycles. The number of benzene rings is 1. The van der Waals surface area contributed by atoms with Crippen LogP contribution in [0.15, 0.2) is 24.3 Å². The van der Waals surface area contributed by atoms with E-state index in [0.29, 0.717) is 13.1 Å². The van der Waals surface area contributed by atoms with Crippen LogP contribution < -0.4 is 10.6 Å². The Hall–Kier alpha value is -2.25. The van der Waals surface area contributed by atoms with E-state index in [2.05, 4.69) is 10.6 Å². The molecule has 1 aliphatic rings. The van der Waals surface area contributed by atoms with Gasteiger partial charge in [-0.3, -0.25) is 4.79 Å². The number of amides is 3. The maximum Gasteiger partial charge on any atom is 0.393 e. The monoisotopic (exact) mass is 343 g/mol. The molecule has 2 rings (SSSR count). The van der Waals surface area contributed by atoms with Crippen LogP contribution in [0.1, 0.15) is 19.4 Å². The Balaban J connectivity index is 2.18. The largest absolute Gasteiger partial charge is 0.393 e. The van der Waals surface area contributed by atoms with E-state index in [1.54, 1.807) is 6.07 Å². The predicted molar refractivity (Wildman–Crippen MR) is 83.6 cm³/mol. The highest BCUT2D eigenvalue weighted by Crippen LogP contribution is 2.26. The Morgan fingerprint density at radius 2 is 2.04 bits per heavy atom. The summed E-state index contributed by atoms with van der Waals surface area (Å²) in [4.78, 5) is 25.8. The molecule has 24 heavy (non-hydrogen) atoms. The first kappa shape index (κ1) is 18.1. The van der Waals surface area contributed by atoms with Crippen molar-refractivity contribution >= 4 is 17.6 Å². The molecule has 1 saturated heterocycles. The number of nitrogens with zero attached hydrogens (tertiary/aromatic N) is 1. The second kappa shape index (κ2) is 7.11. The quantitative estimate of drug-likeness (QED) is 0.887. The summed E-state index contributed by atoms with van der Waals surface area (Å²) >= 11 is 0. The minimum Gasteiger partial charge on any atom is -0.353 e. The van der Waals surface area contributed by atoms with Gasteiger partial charge in [-0.1, -0.05) is 32.0 Å². The molecule has 1 atom stereocenters. The Labute approximate surface area is 138 Å². The van der Waals surface area contributed by atoms with Crippen LogP contribution in [0.5, 0.6) is 0 Å². The third-order valence-corrected chi connectivity index (χ3v) is 3.80. The standard InChI is InChI=1S/C16H20F3N3O2/c1-10(2)13-14(23)20-7-8-22(13)15(24)21-12-6-4-3-5-11(12)9-16(17,18)19/h3-6,10,13H,7-9H2,1-2H3,(H,20,23)(H,21,24)/t13-/m1/s1. The van der Waals surface area contributed by atoms with Gasteiger partial charge in [0, 0.05) is 18.8 Å². The molecule has 0 spiro atoms. The third-order valence-electron chi connectivity index (χ3n) is 3.80. The van der Waals surface area contributed by atoms with Gasteiger partial charge < -0.3 is 15.5 Å². The van der Waals surface area contributed by atoms with Gasteiger partial charge in [-0.15, -0.1) is 0 Å². The lowest BCUT2D eigenvalue weighted by molar-refractivity contribution is -0.129. The van der Waals surface area contributed by atoms with Crippen molar-refractivity contribution in [2.45, 2.75) is 32.5 Å². The fourth-order valence-electron chi connectivity index (χ4n) is 2.77. The molecule has 0 bridgehead atoms. The maximum atomic E-state index is 12.7. The van der Waals surface area contributed by atoms with Crippen LogP contribution in [-0.4, -0.2) is 42.1 Å². The van der Waals surface area contributed by atoms with Gasteiger partial charge in [0.25, 0.3) is 0 Å². The second-order valence-electron chi connectivity index (χ2n) is 6.05. The third kappa shape index (κ3) is 4.39. The van der Waals surface area contributed by atoms with Gasteiger partial charge in [-0.2, -0.15) is 13.2 Å². The minimum atomic E-state index is -4.37. The molecule has 2 N–H and O–H groups in total. The van der Waals surface area contributed by atoms with Crippen LogP contribution in [0, 0.1) is 5.92 Å². The lowest BCUT2D eigenvalue weighted by Crippen LogP contribution is -2.60. The first-order valence-electron chi connectivity index (χ1n) is 7.69. The molecule has 0 aliphatic carbocycles. The molecule has 1 aromatic carbocycles. The van der Waals surface area contributed by atoms with Crippen LogP contribution in [0.2, 0.25) is 0 Å². The molecule has 5 nitrogen and oxygen atoms in total. The van der Waals surface area contributed by atoms with E-state index in [0.717, 1.165) is 0 Å². The van der Waals surface area contributed by atoms with Crippen LogP contribution in [0.3, 0.4) is 0 Å². The molecule has 1 fully saturated rings. The van der Waals surface area contributed by atoms with Crippen molar-refractivity contribution in [1.29, 1.82) is 0 Å². The van der Waals surface area contributed by atoms with E-state index in [1.165, 1.54) is 23.1 Å². The van der Waals surface area contributed by atoms with E-state index >= 15 is 0 Å². The van der Waals surface area contributed by atoms with Crippen molar-refractivity contribution in [1.82, 2.24) is 10.2 Å². The number of hydrogen-bond donors (Lipinski definition) is 2. The summed E-state index contributed by atoms with van der Waals surface area (Å²) in [6.45, 7) is 4.25. The van der Waals surface area contributed by atoms with Crippen LogP contribution in [0.25, 0.3) is 0 Å². The summed E-state index contributed by atoms with van der Waals surface area (Å²) in [5.74, 6) is -0.364. The first-order chi connectivity index (χ1) is 11.2. The highest BCUT2D eigenvalue weighted by atomic mass is 19.4. The Kier molecular flexibility index (Phi) is 5.36. The molecule has 0 aromatic heterocycles. The molecule has 0 radical (unpaired) electrons. The molecular weight excluding hydrogens is 323 g/mol. The van der Waals surface area contributed by atoms with E-state index in [4.69, 9.17) is 0 Å². The summed E-state index contributed by atoms with van der Waals surface area (Å²) in [6, 6.07) is 4.58. The number of piperazine rings is 1. The molecule has 1 heterocycles. The van der Waals surface area contributed by atoms with Gasteiger partial charge in [0.15, 0.2) is 0 Å². The van der Waals surface area contributed by atoms with Crippen molar-refractivity contribution in [2.75, 3.05) is 18.4 Å². The number of anilines is 1. The summed E-state index contributed by atoms with van der Waals surface area (Å²) in [6.07, 6.45) is -5.50. The van der Waals surface area contributed by atoms with Crippen LogP contribution >= 0.6 is 0 Å². The zero-order valence-electron chi connectivity index (χ0n) is 13.5. The Morgan fingerprint density at radius 1 is 1.38 bits per heavy atom. The van der Waals surface area contributed by atoms with Gasteiger partial charge in [-0.05, 0) is 17.5 Å². The topological polar surface area (TPSA) is 61.4 Å². The average molecular weight is 343 g/mol. The SMILES string of the molecule is CC(C)[C@@H]1C(=O)NCCN1C(=O)Nc1ccccc1CC(F)(F)F. The van der Waals surface area contributed by atoms with Gasteiger partial charge in [-0.25, -0.2) is 4.79 Å². The molecule has 3 amide bonds. The van der Waals surface area contributed by atoms with Crippen molar-refractivity contribution in [3.05, 3.63) is 29.8 Å². The molecule has 8 heteroatoms. The van der Waals surface area contributed by atoms with Crippen molar-refractivity contribution < 1.29 is 22.8 Å². The first-order valence-corrected chi connectivity index (χ1v) is 7.69. The van der Waals surface area contributed by atoms with E-state index < -0.39 is 24.7 Å². The normalized spacial score (nSPS) is 18.5. The Morgan fingerprint density at radius 3 is 2.67 bits per heavy atom. The summed E-state index contributed by atoms with van der Waals surface area (Å²) in [5, 5.41) is 5.21. The van der Waals surface area contributed by atoms with Gasteiger partial charge >= 0.3 is 12.2 Å².